The summed E-state index contributed by atoms with van der Waals surface area (Å²) in [7, 11) is 0. The Bertz CT molecular complexity index is 1230. The largest absolute Gasteiger partial charge is 0.445 e. The number of aryl methyl sites for hydroxylation is 1. The summed E-state index contributed by atoms with van der Waals surface area (Å²) in [6.45, 7) is 2.00. The number of benzene rings is 3. The predicted octanol–water partition coefficient (Wildman–Crippen LogP) is 6.52. The Balaban J connectivity index is 1.47. The number of carbonyl (C=O) groups excluding carboxylic acids is 1. The number of carbonyl (C=O) groups is 1. The van der Waals surface area contributed by atoms with Crippen molar-refractivity contribution in [2.24, 2.45) is 0 Å². The number of alkyl halides is 3. The van der Waals surface area contributed by atoms with Crippen LogP contribution in [-0.4, -0.2) is 10.9 Å². The molecule has 0 bridgehead atoms. The Labute approximate surface area is 182 Å². The third-order valence-corrected chi connectivity index (χ3v) is 5.02. The second-order valence-corrected chi connectivity index (χ2v) is 7.37. The van der Waals surface area contributed by atoms with Crippen LogP contribution in [0.3, 0.4) is 0 Å². The van der Waals surface area contributed by atoms with Crippen LogP contribution < -0.4 is 5.32 Å². The summed E-state index contributed by atoms with van der Waals surface area (Å²) in [6.07, 6.45) is -1.48. The van der Waals surface area contributed by atoms with Crippen LogP contribution in [0.25, 0.3) is 22.6 Å². The van der Waals surface area contributed by atoms with Crippen molar-refractivity contribution in [2.45, 2.75) is 19.5 Å². The summed E-state index contributed by atoms with van der Waals surface area (Å²) < 4.78 is 43.9. The summed E-state index contributed by atoms with van der Waals surface area (Å²) in [5.41, 5.74) is 3.97. The summed E-state index contributed by atoms with van der Waals surface area (Å²) >= 11 is 0. The molecule has 162 valence electrons. The fraction of sp³-hybridized carbons (Fsp3) is 0.120. The molecular formula is C25H19F3N2O2. The van der Waals surface area contributed by atoms with E-state index in [4.69, 9.17) is 4.42 Å². The minimum absolute atomic E-state index is 0.150. The molecule has 0 aliphatic carbocycles. The number of aromatic nitrogens is 1. The molecule has 0 radical (unpaired) electrons. The van der Waals surface area contributed by atoms with Gasteiger partial charge in [0.05, 0.1) is 18.2 Å². The zero-order valence-corrected chi connectivity index (χ0v) is 17.1. The monoisotopic (exact) mass is 436 g/mol. The molecule has 0 unspecified atom stereocenters. The average molecular weight is 436 g/mol. The van der Waals surface area contributed by atoms with Crippen LogP contribution in [0.5, 0.6) is 0 Å². The molecule has 4 rings (SSSR count). The zero-order valence-electron chi connectivity index (χ0n) is 17.1. The van der Waals surface area contributed by atoms with Gasteiger partial charge in [0.1, 0.15) is 6.26 Å². The molecule has 32 heavy (non-hydrogen) atoms. The molecule has 4 nitrogen and oxygen atoms in total. The van der Waals surface area contributed by atoms with Gasteiger partial charge in [0.15, 0.2) is 0 Å². The maximum atomic E-state index is 12.9. The van der Waals surface area contributed by atoms with E-state index in [1.807, 2.05) is 37.3 Å². The van der Waals surface area contributed by atoms with Crippen LogP contribution in [0, 0.1) is 6.92 Å². The summed E-state index contributed by atoms with van der Waals surface area (Å²) in [5.74, 6) is 0.142. The van der Waals surface area contributed by atoms with E-state index < -0.39 is 11.7 Å². The topological polar surface area (TPSA) is 55.1 Å². The summed E-state index contributed by atoms with van der Waals surface area (Å²) in [6, 6.07) is 18.0. The molecule has 0 atom stereocenters. The summed E-state index contributed by atoms with van der Waals surface area (Å²) in [4.78, 5) is 16.5. The lowest BCUT2D eigenvalue weighted by Crippen LogP contribution is -2.15. The predicted molar refractivity (Wildman–Crippen MR) is 116 cm³/mol. The van der Waals surface area contributed by atoms with Crippen molar-refractivity contribution in [2.75, 3.05) is 5.32 Å². The lowest BCUT2D eigenvalue weighted by atomic mass is 9.98. The number of nitrogens with one attached hydrogen (secondary N) is 1. The van der Waals surface area contributed by atoms with Crippen molar-refractivity contribution in [3.63, 3.8) is 0 Å². The van der Waals surface area contributed by atoms with E-state index in [-0.39, 0.29) is 12.3 Å². The van der Waals surface area contributed by atoms with E-state index in [0.717, 1.165) is 34.4 Å². The number of oxazole rings is 1. The van der Waals surface area contributed by atoms with E-state index in [9.17, 15) is 18.0 Å². The number of nitrogens with zero attached hydrogens (tertiary/aromatic N) is 1. The lowest BCUT2D eigenvalue weighted by molar-refractivity contribution is -0.137. The Morgan fingerprint density at radius 2 is 1.75 bits per heavy atom. The summed E-state index contributed by atoms with van der Waals surface area (Å²) in [5, 5.41) is 2.73. The second-order valence-electron chi connectivity index (χ2n) is 7.37. The van der Waals surface area contributed by atoms with Crippen LogP contribution in [0.4, 0.5) is 18.9 Å². The number of rotatable bonds is 5. The second kappa shape index (κ2) is 8.70. The van der Waals surface area contributed by atoms with Gasteiger partial charge in [0.25, 0.3) is 0 Å². The minimum atomic E-state index is -4.44. The van der Waals surface area contributed by atoms with E-state index in [0.29, 0.717) is 17.1 Å². The molecule has 0 fully saturated rings. The van der Waals surface area contributed by atoms with Gasteiger partial charge in [-0.2, -0.15) is 13.2 Å². The van der Waals surface area contributed by atoms with Crippen molar-refractivity contribution >= 4 is 11.6 Å². The Morgan fingerprint density at radius 3 is 2.44 bits per heavy atom. The normalized spacial score (nSPS) is 11.4. The first-order valence-corrected chi connectivity index (χ1v) is 9.86. The van der Waals surface area contributed by atoms with Crippen LogP contribution in [0.15, 0.2) is 83.6 Å². The van der Waals surface area contributed by atoms with Crippen LogP contribution >= 0.6 is 0 Å². The Hall–Kier alpha value is -3.87. The fourth-order valence-corrected chi connectivity index (χ4v) is 3.41. The third kappa shape index (κ3) is 4.88. The van der Waals surface area contributed by atoms with Crippen LogP contribution in [0.1, 0.15) is 16.7 Å². The quantitative estimate of drug-likeness (QED) is 0.388. The number of halogens is 3. The minimum Gasteiger partial charge on any atom is -0.445 e. The van der Waals surface area contributed by atoms with E-state index >= 15 is 0 Å². The highest BCUT2D eigenvalue weighted by Crippen LogP contribution is 2.31. The van der Waals surface area contributed by atoms with E-state index in [1.165, 1.54) is 18.4 Å². The van der Waals surface area contributed by atoms with Gasteiger partial charge < -0.3 is 9.73 Å². The van der Waals surface area contributed by atoms with Crippen molar-refractivity contribution in [1.82, 2.24) is 4.98 Å². The maximum absolute atomic E-state index is 12.9. The lowest BCUT2D eigenvalue weighted by Gasteiger charge is -2.11. The van der Waals surface area contributed by atoms with Gasteiger partial charge in [0.2, 0.25) is 11.8 Å². The molecule has 4 aromatic rings. The van der Waals surface area contributed by atoms with E-state index in [2.05, 4.69) is 10.3 Å². The van der Waals surface area contributed by atoms with Gasteiger partial charge in [-0.05, 0) is 59.5 Å². The highest BCUT2D eigenvalue weighted by atomic mass is 19.4. The molecule has 7 heteroatoms. The Morgan fingerprint density at radius 1 is 1.00 bits per heavy atom. The first-order valence-electron chi connectivity index (χ1n) is 9.86. The maximum Gasteiger partial charge on any atom is 0.416 e. The van der Waals surface area contributed by atoms with Crippen molar-refractivity contribution in [3.05, 3.63) is 95.9 Å². The molecule has 1 aromatic heterocycles. The molecule has 1 amide bonds. The molecule has 0 aliphatic rings. The van der Waals surface area contributed by atoms with Gasteiger partial charge >= 0.3 is 6.18 Å². The highest BCUT2D eigenvalue weighted by Gasteiger charge is 2.30. The first kappa shape index (κ1) is 21.4. The highest BCUT2D eigenvalue weighted by molar-refractivity contribution is 5.92. The molecule has 0 saturated carbocycles. The first-order chi connectivity index (χ1) is 15.3. The van der Waals surface area contributed by atoms with Gasteiger partial charge in [0, 0.05) is 11.3 Å². The van der Waals surface area contributed by atoms with Gasteiger partial charge in [-0.1, -0.05) is 36.4 Å². The molecule has 0 aliphatic heterocycles. The van der Waals surface area contributed by atoms with Gasteiger partial charge in [-0.15, -0.1) is 0 Å². The Kier molecular flexibility index (Phi) is 5.81. The van der Waals surface area contributed by atoms with Gasteiger partial charge in [-0.25, -0.2) is 4.98 Å². The smallest absolute Gasteiger partial charge is 0.416 e. The van der Waals surface area contributed by atoms with Crippen LogP contribution in [0.2, 0.25) is 0 Å². The SMILES string of the molecule is Cc1ccc(-c2ncco2)cc1-c1ccc(NC(=O)Cc2cccc(C(F)(F)F)c2)cc1. The van der Waals surface area contributed by atoms with Crippen LogP contribution in [-0.2, 0) is 17.4 Å². The van der Waals surface area contributed by atoms with Gasteiger partial charge in [-0.3, -0.25) is 4.79 Å². The molecule has 0 saturated heterocycles. The van der Waals surface area contributed by atoms with Crippen molar-refractivity contribution in [1.29, 1.82) is 0 Å². The number of amides is 1. The zero-order chi connectivity index (χ0) is 22.7. The molecular weight excluding hydrogens is 417 g/mol. The van der Waals surface area contributed by atoms with E-state index in [1.54, 1.807) is 18.3 Å². The molecule has 0 spiro atoms. The molecule has 3 aromatic carbocycles. The molecule has 1 heterocycles. The number of hydrogen-bond acceptors (Lipinski definition) is 3. The fourth-order valence-electron chi connectivity index (χ4n) is 3.41. The number of hydrogen-bond donors (Lipinski definition) is 1. The van der Waals surface area contributed by atoms with Crippen molar-refractivity contribution in [3.8, 4) is 22.6 Å². The average Bonchev–Trinajstić information content (AvgIpc) is 3.29. The number of anilines is 1. The standard InChI is InChI=1S/C25H19F3N2O2/c1-16-5-6-19(24-29-11-12-32-24)15-22(16)18-7-9-21(10-8-18)30-23(31)14-17-3-2-4-20(13-17)25(26,27)28/h2-13,15H,14H2,1H3,(H,30,31). The third-order valence-electron chi connectivity index (χ3n) is 5.02. The molecule has 1 N–H and O–H groups in total. The van der Waals surface area contributed by atoms with Crippen molar-refractivity contribution < 1.29 is 22.4 Å².